The SMILES string of the molecule is Cl.NCCC(=O)NCC1CCCCN1C(=O)CN1C(=O)CSc2ccccc21. The number of thioether (sulfide) groups is 1. The van der Waals surface area contributed by atoms with Crippen molar-refractivity contribution in [3.63, 3.8) is 0 Å². The molecule has 0 spiro atoms. The maximum Gasteiger partial charge on any atom is 0.242 e. The standard InChI is InChI=1S/C19H26N4O3S.ClH/c20-9-8-17(24)21-11-14-5-3-4-10-22(14)18(25)12-23-15-6-1-2-7-16(15)27-13-19(23)26;/h1-2,6-7,14H,3-5,8-13,20H2,(H,21,24);1H. The van der Waals surface area contributed by atoms with Gasteiger partial charge in [-0.25, -0.2) is 0 Å². The van der Waals surface area contributed by atoms with Crippen molar-refractivity contribution in [3.05, 3.63) is 24.3 Å². The fourth-order valence-corrected chi connectivity index (χ4v) is 4.48. The minimum absolute atomic E-state index is 0. The molecule has 1 aromatic rings. The fraction of sp³-hybridized carbons (Fsp3) is 0.526. The summed E-state index contributed by atoms with van der Waals surface area (Å²) in [6.07, 6.45) is 3.12. The zero-order valence-electron chi connectivity index (χ0n) is 15.8. The van der Waals surface area contributed by atoms with E-state index in [0.717, 1.165) is 29.8 Å². The highest BCUT2D eigenvalue weighted by atomic mass is 35.5. The molecule has 1 aromatic carbocycles. The third kappa shape index (κ3) is 5.40. The van der Waals surface area contributed by atoms with Gasteiger partial charge in [-0.05, 0) is 31.4 Å². The first-order valence-electron chi connectivity index (χ1n) is 9.38. The second-order valence-electron chi connectivity index (χ2n) is 6.82. The third-order valence-corrected chi connectivity index (χ3v) is 6.00. The van der Waals surface area contributed by atoms with Crippen LogP contribution in [0.2, 0.25) is 0 Å². The Bertz CT molecular complexity index is 718. The van der Waals surface area contributed by atoms with Crippen LogP contribution >= 0.6 is 24.2 Å². The minimum atomic E-state index is -0.0902. The smallest absolute Gasteiger partial charge is 0.242 e. The summed E-state index contributed by atoms with van der Waals surface area (Å²) in [7, 11) is 0. The molecule has 2 aliphatic heterocycles. The number of nitrogens with one attached hydrogen (secondary N) is 1. The first-order valence-corrected chi connectivity index (χ1v) is 10.4. The number of fused-ring (bicyclic) bond motifs is 1. The predicted molar refractivity (Wildman–Crippen MR) is 113 cm³/mol. The van der Waals surface area contributed by atoms with E-state index in [1.807, 2.05) is 29.2 Å². The number of halogens is 1. The molecule has 0 bridgehead atoms. The summed E-state index contributed by atoms with van der Waals surface area (Å²) in [4.78, 5) is 41.5. The summed E-state index contributed by atoms with van der Waals surface area (Å²) in [5, 5.41) is 2.87. The van der Waals surface area contributed by atoms with Gasteiger partial charge in [0.15, 0.2) is 0 Å². The van der Waals surface area contributed by atoms with Crippen molar-refractivity contribution < 1.29 is 14.4 Å². The molecule has 1 saturated heterocycles. The van der Waals surface area contributed by atoms with Crippen LogP contribution in [0.3, 0.4) is 0 Å². The summed E-state index contributed by atoms with van der Waals surface area (Å²) in [5.74, 6) is 0.149. The maximum atomic E-state index is 13.0. The number of anilines is 1. The number of piperidine rings is 1. The molecule has 3 rings (SSSR count). The monoisotopic (exact) mass is 426 g/mol. The van der Waals surface area contributed by atoms with E-state index in [1.165, 1.54) is 11.8 Å². The van der Waals surface area contributed by atoms with Crippen molar-refractivity contribution in [1.82, 2.24) is 10.2 Å². The van der Waals surface area contributed by atoms with Gasteiger partial charge >= 0.3 is 0 Å². The lowest BCUT2D eigenvalue weighted by atomic mass is 10.0. The molecule has 2 heterocycles. The Morgan fingerprint density at radius 3 is 2.82 bits per heavy atom. The van der Waals surface area contributed by atoms with Crippen molar-refractivity contribution in [2.24, 2.45) is 5.73 Å². The number of para-hydroxylation sites is 1. The van der Waals surface area contributed by atoms with Crippen molar-refractivity contribution in [3.8, 4) is 0 Å². The van der Waals surface area contributed by atoms with E-state index in [2.05, 4.69) is 5.32 Å². The van der Waals surface area contributed by atoms with E-state index in [4.69, 9.17) is 5.73 Å². The molecule has 0 saturated carbocycles. The van der Waals surface area contributed by atoms with E-state index in [0.29, 0.717) is 25.4 Å². The molecule has 0 aliphatic carbocycles. The second-order valence-corrected chi connectivity index (χ2v) is 7.83. The highest BCUT2D eigenvalue weighted by molar-refractivity contribution is 8.00. The van der Waals surface area contributed by atoms with Gasteiger partial charge in [-0.2, -0.15) is 0 Å². The Morgan fingerprint density at radius 2 is 2.04 bits per heavy atom. The molecule has 9 heteroatoms. The van der Waals surface area contributed by atoms with Gasteiger partial charge in [0.2, 0.25) is 17.7 Å². The van der Waals surface area contributed by atoms with Crippen molar-refractivity contribution in [2.75, 3.05) is 36.8 Å². The average Bonchev–Trinajstić information content (AvgIpc) is 2.69. The summed E-state index contributed by atoms with van der Waals surface area (Å²) in [6.45, 7) is 1.46. The Kier molecular flexibility index (Phi) is 8.59. The highest BCUT2D eigenvalue weighted by Gasteiger charge is 2.31. The van der Waals surface area contributed by atoms with Crippen molar-refractivity contribution in [1.29, 1.82) is 0 Å². The van der Waals surface area contributed by atoms with E-state index < -0.39 is 0 Å². The number of rotatable bonds is 6. The lowest BCUT2D eigenvalue weighted by Crippen LogP contribution is -2.53. The molecule has 7 nitrogen and oxygen atoms in total. The average molecular weight is 427 g/mol. The van der Waals surface area contributed by atoms with Gasteiger partial charge in [-0.1, -0.05) is 12.1 Å². The number of hydrogen-bond acceptors (Lipinski definition) is 5. The lowest BCUT2D eigenvalue weighted by molar-refractivity contribution is -0.135. The third-order valence-electron chi connectivity index (χ3n) is 4.96. The van der Waals surface area contributed by atoms with Crippen LogP contribution in [0.4, 0.5) is 5.69 Å². The van der Waals surface area contributed by atoms with E-state index in [-0.39, 0.29) is 49.1 Å². The Hall–Kier alpha value is -1.77. The molecule has 28 heavy (non-hydrogen) atoms. The molecule has 1 fully saturated rings. The number of hydrogen-bond donors (Lipinski definition) is 2. The van der Waals surface area contributed by atoms with Crippen molar-refractivity contribution >= 4 is 47.6 Å². The number of carbonyl (C=O) groups is 3. The topological polar surface area (TPSA) is 95.7 Å². The highest BCUT2D eigenvalue weighted by Crippen LogP contribution is 2.35. The molecule has 3 amide bonds. The summed E-state index contributed by atoms with van der Waals surface area (Å²) < 4.78 is 0. The molecule has 3 N–H and O–H groups in total. The predicted octanol–water partition coefficient (Wildman–Crippen LogP) is 1.39. The number of nitrogens with two attached hydrogens (primary N) is 1. The largest absolute Gasteiger partial charge is 0.354 e. The Balaban J connectivity index is 0.00000280. The van der Waals surface area contributed by atoms with Crippen LogP contribution in [0.1, 0.15) is 25.7 Å². The van der Waals surface area contributed by atoms with Crippen LogP contribution in [0, 0.1) is 0 Å². The van der Waals surface area contributed by atoms with E-state index in [1.54, 1.807) is 4.90 Å². The maximum absolute atomic E-state index is 13.0. The molecular weight excluding hydrogens is 400 g/mol. The van der Waals surface area contributed by atoms with Crippen LogP contribution in [-0.4, -0.2) is 60.6 Å². The van der Waals surface area contributed by atoms with Gasteiger partial charge in [0.25, 0.3) is 0 Å². The van der Waals surface area contributed by atoms with Gasteiger partial charge in [0.05, 0.1) is 11.4 Å². The minimum Gasteiger partial charge on any atom is -0.354 e. The Morgan fingerprint density at radius 1 is 1.25 bits per heavy atom. The molecule has 154 valence electrons. The first kappa shape index (κ1) is 22.5. The van der Waals surface area contributed by atoms with Crippen LogP contribution in [0.25, 0.3) is 0 Å². The fourth-order valence-electron chi connectivity index (χ4n) is 3.55. The number of carbonyl (C=O) groups excluding carboxylic acids is 3. The quantitative estimate of drug-likeness (QED) is 0.716. The van der Waals surface area contributed by atoms with Crippen LogP contribution in [0.15, 0.2) is 29.2 Å². The second kappa shape index (κ2) is 10.7. The Labute approximate surface area is 175 Å². The van der Waals surface area contributed by atoms with E-state index >= 15 is 0 Å². The number of nitrogens with zero attached hydrogens (tertiary/aromatic N) is 2. The van der Waals surface area contributed by atoms with Crippen LogP contribution < -0.4 is 16.0 Å². The molecule has 1 unspecified atom stereocenters. The zero-order valence-corrected chi connectivity index (χ0v) is 17.4. The first-order chi connectivity index (χ1) is 13.1. The molecule has 0 radical (unpaired) electrons. The summed E-state index contributed by atoms with van der Waals surface area (Å²) in [6, 6.07) is 7.64. The van der Waals surface area contributed by atoms with Crippen molar-refractivity contribution in [2.45, 2.75) is 36.6 Å². The zero-order chi connectivity index (χ0) is 19.2. The van der Waals surface area contributed by atoms with Gasteiger partial charge < -0.3 is 20.9 Å². The number of amides is 3. The van der Waals surface area contributed by atoms with Gasteiger partial charge in [-0.15, -0.1) is 24.2 Å². The number of benzene rings is 1. The summed E-state index contributed by atoms with van der Waals surface area (Å²) >= 11 is 1.51. The van der Waals surface area contributed by atoms with Crippen LogP contribution in [0.5, 0.6) is 0 Å². The summed E-state index contributed by atoms with van der Waals surface area (Å²) in [5.41, 5.74) is 6.21. The molecule has 0 aromatic heterocycles. The van der Waals surface area contributed by atoms with Gasteiger partial charge in [-0.3, -0.25) is 14.4 Å². The van der Waals surface area contributed by atoms with E-state index in [9.17, 15) is 14.4 Å². The molecular formula is C19H27ClN4O3S. The molecule has 1 atom stereocenters. The molecule has 2 aliphatic rings. The lowest BCUT2D eigenvalue weighted by Gasteiger charge is -2.38. The van der Waals surface area contributed by atoms with Gasteiger partial charge in [0, 0.05) is 37.0 Å². The van der Waals surface area contributed by atoms with Crippen LogP contribution in [-0.2, 0) is 14.4 Å². The van der Waals surface area contributed by atoms with Gasteiger partial charge in [0.1, 0.15) is 6.54 Å². The number of likely N-dealkylation sites (tertiary alicyclic amines) is 1. The normalized spacial score (nSPS) is 18.9.